The Morgan fingerprint density at radius 1 is 1.22 bits per heavy atom. The summed E-state index contributed by atoms with van der Waals surface area (Å²) in [6.45, 7) is 3.99. The van der Waals surface area contributed by atoms with Crippen LogP contribution in [-0.4, -0.2) is 27.8 Å². The largest absolute Gasteiger partial charge is 0.465 e. The highest BCUT2D eigenvalue weighted by Crippen LogP contribution is 2.27. The summed E-state index contributed by atoms with van der Waals surface area (Å²) in [5, 5.41) is 5.48. The standard InChI is InChI=1S/C23H20ClN3O4S/c1-13-18(14(2)31-26-13)12-32-23-25-20-10-15(22(29)30-3)8-9-17(20)21(28)27(23)11-16-6-4-5-7-19(16)24/h4-10H,11-12H2,1-3H3. The topological polar surface area (TPSA) is 87.2 Å². The maximum atomic E-state index is 13.4. The molecule has 9 heteroatoms. The van der Waals surface area contributed by atoms with E-state index in [2.05, 4.69) is 5.16 Å². The van der Waals surface area contributed by atoms with Crippen LogP contribution in [0.4, 0.5) is 0 Å². The van der Waals surface area contributed by atoms with Gasteiger partial charge in [-0.15, -0.1) is 0 Å². The van der Waals surface area contributed by atoms with Gasteiger partial charge in [-0.25, -0.2) is 9.78 Å². The van der Waals surface area contributed by atoms with Gasteiger partial charge in [0.25, 0.3) is 5.56 Å². The smallest absolute Gasteiger partial charge is 0.337 e. The van der Waals surface area contributed by atoms with Crippen molar-refractivity contribution in [1.82, 2.24) is 14.7 Å². The first kappa shape index (κ1) is 22.1. The molecule has 0 radical (unpaired) electrons. The number of fused-ring (bicyclic) bond motifs is 1. The molecule has 4 rings (SSSR count). The predicted molar refractivity (Wildman–Crippen MR) is 123 cm³/mol. The van der Waals surface area contributed by atoms with E-state index in [-0.39, 0.29) is 12.1 Å². The molecule has 0 bridgehead atoms. The minimum absolute atomic E-state index is 0.215. The average molecular weight is 470 g/mol. The molecule has 7 nitrogen and oxygen atoms in total. The number of benzene rings is 2. The third-order valence-electron chi connectivity index (χ3n) is 5.15. The molecule has 0 saturated carbocycles. The summed E-state index contributed by atoms with van der Waals surface area (Å²) in [4.78, 5) is 30.1. The Morgan fingerprint density at radius 2 is 2.00 bits per heavy atom. The van der Waals surface area contributed by atoms with Crippen LogP contribution >= 0.6 is 23.4 Å². The van der Waals surface area contributed by atoms with Crippen molar-refractivity contribution in [2.45, 2.75) is 31.3 Å². The van der Waals surface area contributed by atoms with Gasteiger partial charge in [0.2, 0.25) is 0 Å². The molecule has 2 aromatic carbocycles. The van der Waals surface area contributed by atoms with Crippen LogP contribution in [0, 0.1) is 13.8 Å². The van der Waals surface area contributed by atoms with E-state index in [0.717, 1.165) is 22.6 Å². The molecule has 0 fully saturated rings. The summed E-state index contributed by atoms with van der Waals surface area (Å²) in [5.41, 5.74) is 3.10. The SMILES string of the molecule is COC(=O)c1ccc2c(=O)n(Cc3ccccc3Cl)c(SCc3c(C)noc3C)nc2c1. The summed E-state index contributed by atoms with van der Waals surface area (Å²) in [5.74, 6) is 0.765. The second kappa shape index (κ2) is 9.18. The summed E-state index contributed by atoms with van der Waals surface area (Å²) in [6.07, 6.45) is 0. The van der Waals surface area contributed by atoms with E-state index in [1.165, 1.54) is 18.9 Å². The minimum atomic E-state index is -0.487. The molecular weight excluding hydrogens is 450 g/mol. The van der Waals surface area contributed by atoms with E-state index < -0.39 is 5.97 Å². The number of carbonyl (C=O) groups is 1. The zero-order chi connectivity index (χ0) is 22.8. The monoisotopic (exact) mass is 469 g/mol. The highest BCUT2D eigenvalue weighted by molar-refractivity contribution is 7.98. The number of methoxy groups -OCH3 is 1. The molecule has 2 heterocycles. The van der Waals surface area contributed by atoms with E-state index >= 15 is 0 Å². The molecule has 0 spiro atoms. The maximum Gasteiger partial charge on any atom is 0.337 e. The lowest BCUT2D eigenvalue weighted by Gasteiger charge is -2.14. The lowest BCUT2D eigenvalue weighted by Crippen LogP contribution is -2.24. The van der Waals surface area contributed by atoms with E-state index in [0.29, 0.717) is 32.4 Å². The molecule has 0 saturated heterocycles. The zero-order valence-corrected chi connectivity index (χ0v) is 19.3. The van der Waals surface area contributed by atoms with Crippen molar-refractivity contribution in [2.75, 3.05) is 7.11 Å². The number of esters is 1. The Balaban J connectivity index is 1.83. The van der Waals surface area contributed by atoms with Crippen LogP contribution in [0.15, 0.2) is 56.9 Å². The van der Waals surface area contributed by atoms with Crippen LogP contribution in [0.3, 0.4) is 0 Å². The van der Waals surface area contributed by atoms with Gasteiger partial charge in [0, 0.05) is 16.3 Å². The molecule has 0 aliphatic carbocycles. The van der Waals surface area contributed by atoms with Crippen LogP contribution in [-0.2, 0) is 17.0 Å². The first-order valence-electron chi connectivity index (χ1n) is 9.80. The number of halogens is 1. The van der Waals surface area contributed by atoms with Crippen molar-refractivity contribution >= 4 is 40.2 Å². The van der Waals surface area contributed by atoms with Crippen molar-refractivity contribution in [3.05, 3.63) is 86.0 Å². The molecule has 0 aliphatic heterocycles. The van der Waals surface area contributed by atoms with Crippen molar-refractivity contribution in [1.29, 1.82) is 0 Å². The lowest BCUT2D eigenvalue weighted by atomic mass is 10.1. The Morgan fingerprint density at radius 3 is 2.69 bits per heavy atom. The number of nitrogens with zero attached hydrogens (tertiary/aromatic N) is 3. The zero-order valence-electron chi connectivity index (χ0n) is 17.7. The van der Waals surface area contributed by atoms with E-state index in [9.17, 15) is 9.59 Å². The molecule has 32 heavy (non-hydrogen) atoms. The van der Waals surface area contributed by atoms with Gasteiger partial charge in [-0.3, -0.25) is 9.36 Å². The quantitative estimate of drug-likeness (QED) is 0.228. The van der Waals surface area contributed by atoms with Crippen molar-refractivity contribution in [3.63, 3.8) is 0 Å². The van der Waals surface area contributed by atoms with Gasteiger partial charge in [-0.1, -0.05) is 46.7 Å². The normalized spacial score (nSPS) is 11.1. The molecule has 0 amide bonds. The van der Waals surface area contributed by atoms with Crippen LogP contribution < -0.4 is 5.56 Å². The fourth-order valence-electron chi connectivity index (χ4n) is 3.34. The Hall–Kier alpha value is -3.10. The molecule has 0 unspecified atom stereocenters. The highest BCUT2D eigenvalue weighted by Gasteiger charge is 2.17. The number of ether oxygens (including phenoxy) is 1. The van der Waals surface area contributed by atoms with E-state index in [1.807, 2.05) is 32.0 Å². The molecule has 0 aliphatic rings. The van der Waals surface area contributed by atoms with Crippen LogP contribution in [0.2, 0.25) is 5.02 Å². The molecule has 0 N–H and O–H groups in total. The Bertz CT molecular complexity index is 1360. The number of hydrogen-bond acceptors (Lipinski definition) is 7. The molecule has 164 valence electrons. The van der Waals surface area contributed by atoms with Gasteiger partial charge in [0.15, 0.2) is 5.16 Å². The van der Waals surface area contributed by atoms with Crippen LogP contribution in [0.5, 0.6) is 0 Å². The third-order valence-corrected chi connectivity index (χ3v) is 6.53. The lowest BCUT2D eigenvalue weighted by molar-refractivity contribution is 0.0601. The summed E-state index contributed by atoms with van der Waals surface area (Å²) in [7, 11) is 1.31. The van der Waals surface area contributed by atoms with Crippen molar-refractivity contribution in [3.8, 4) is 0 Å². The van der Waals surface area contributed by atoms with Gasteiger partial charge < -0.3 is 9.26 Å². The van der Waals surface area contributed by atoms with Gasteiger partial charge in [-0.05, 0) is 43.7 Å². The van der Waals surface area contributed by atoms with E-state index in [4.69, 9.17) is 25.8 Å². The first-order valence-corrected chi connectivity index (χ1v) is 11.2. The third kappa shape index (κ3) is 4.28. The molecule has 2 aromatic heterocycles. The summed E-state index contributed by atoms with van der Waals surface area (Å²) >= 11 is 7.75. The molecule has 4 aromatic rings. The number of aromatic nitrogens is 3. The van der Waals surface area contributed by atoms with E-state index in [1.54, 1.807) is 28.8 Å². The number of rotatable bonds is 6. The number of thioether (sulfide) groups is 1. The Kier molecular flexibility index (Phi) is 6.34. The number of carbonyl (C=O) groups excluding carboxylic acids is 1. The predicted octanol–water partition coefficient (Wildman–Crippen LogP) is 4.78. The number of aryl methyl sites for hydroxylation is 2. The van der Waals surface area contributed by atoms with Gasteiger partial charge in [0.05, 0.1) is 35.8 Å². The van der Waals surface area contributed by atoms with Gasteiger partial charge >= 0.3 is 5.97 Å². The number of hydrogen-bond donors (Lipinski definition) is 0. The second-order valence-electron chi connectivity index (χ2n) is 7.19. The Labute approximate surface area is 193 Å². The van der Waals surface area contributed by atoms with Crippen molar-refractivity contribution < 1.29 is 14.1 Å². The second-order valence-corrected chi connectivity index (χ2v) is 8.54. The van der Waals surface area contributed by atoms with Gasteiger partial charge in [-0.2, -0.15) is 0 Å². The summed E-state index contributed by atoms with van der Waals surface area (Å²) in [6, 6.07) is 12.1. The maximum absolute atomic E-state index is 13.4. The summed E-state index contributed by atoms with van der Waals surface area (Å²) < 4.78 is 11.7. The molecular formula is C23H20ClN3O4S. The molecule has 0 atom stereocenters. The fraction of sp³-hybridized carbons (Fsp3) is 0.217. The first-order chi connectivity index (χ1) is 15.4. The minimum Gasteiger partial charge on any atom is -0.465 e. The van der Waals surface area contributed by atoms with Crippen molar-refractivity contribution in [2.24, 2.45) is 0 Å². The van der Waals surface area contributed by atoms with Crippen LogP contribution in [0.25, 0.3) is 10.9 Å². The average Bonchev–Trinajstić information content (AvgIpc) is 3.12. The van der Waals surface area contributed by atoms with Gasteiger partial charge in [0.1, 0.15) is 5.76 Å². The fourth-order valence-corrected chi connectivity index (χ4v) is 4.68. The van der Waals surface area contributed by atoms with Crippen LogP contribution in [0.1, 0.15) is 32.9 Å². The highest BCUT2D eigenvalue weighted by atomic mass is 35.5.